The summed E-state index contributed by atoms with van der Waals surface area (Å²) in [5.74, 6) is 0.826. The van der Waals surface area contributed by atoms with Crippen LogP contribution in [0.3, 0.4) is 0 Å². The van der Waals surface area contributed by atoms with Crippen LogP contribution in [0.15, 0.2) is 22.8 Å². The molecule has 2 aliphatic rings. The van der Waals surface area contributed by atoms with E-state index in [0.29, 0.717) is 24.8 Å². The molecule has 2 aromatic rings. The van der Waals surface area contributed by atoms with Gasteiger partial charge in [-0.15, -0.1) is 35.3 Å². The summed E-state index contributed by atoms with van der Waals surface area (Å²) in [5, 5.41) is 8.85. The zero-order valence-corrected chi connectivity index (χ0v) is 15.5. The molecule has 22 heavy (non-hydrogen) atoms. The Morgan fingerprint density at radius 3 is 3.14 bits per heavy atom. The number of nitrogens with zero attached hydrogens (tertiary/aromatic N) is 3. The fraction of sp³-hybridized carbons (Fsp3) is 0.571. The third-order valence-corrected chi connectivity index (χ3v) is 5.00. The van der Waals surface area contributed by atoms with Crippen molar-refractivity contribution in [3.05, 3.63) is 23.5 Å². The summed E-state index contributed by atoms with van der Waals surface area (Å²) in [6.45, 7) is 0.676. The van der Waals surface area contributed by atoms with Gasteiger partial charge in [0.25, 0.3) is 0 Å². The first kappa shape index (κ1) is 16.0. The molecule has 120 valence electrons. The van der Waals surface area contributed by atoms with E-state index in [9.17, 15) is 0 Å². The number of hydrogen-bond donors (Lipinski definition) is 2. The Bertz CT molecular complexity index is 641. The van der Waals surface area contributed by atoms with E-state index in [1.54, 1.807) is 18.4 Å². The van der Waals surface area contributed by atoms with Crippen molar-refractivity contribution in [1.29, 1.82) is 0 Å². The molecular formula is C14H20IN5OS. The van der Waals surface area contributed by atoms with Crippen molar-refractivity contribution in [2.24, 2.45) is 4.99 Å². The molecule has 3 atom stereocenters. The maximum Gasteiger partial charge on any atom is 0.193 e. The number of hydrogen-bond acceptors (Lipinski definition) is 4. The van der Waals surface area contributed by atoms with Gasteiger partial charge in [-0.05, 0) is 19.3 Å². The van der Waals surface area contributed by atoms with E-state index in [1.807, 2.05) is 22.2 Å². The van der Waals surface area contributed by atoms with E-state index in [4.69, 9.17) is 4.74 Å². The van der Waals surface area contributed by atoms with Crippen LogP contribution in [-0.4, -0.2) is 40.6 Å². The molecule has 0 spiro atoms. The van der Waals surface area contributed by atoms with E-state index >= 15 is 0 Å². The maximum atomic E-state index is 5.86. The predicted molar refractivity (Wildman–Crippen MR) is 98.1 cm³/mol. The predicted octanol–water partition coefficient (Wildman–Crippen LogP) is 2.00. The van der Waals surface area contributed by atoms with E-state index in [0.717, 1.165) is 29.5 Å². The normalized spacial score (nSPS) is 27.1. The quantitative estimate of drug-likeness (QED) is 0.442. The summed E-state index contributed by atoms with van der Waals surface area (Å²) in [6, 6.07) is 0.389. The Labute approximate surface area is 150 Å². The minimum absolute atomic E-state index is 0. The number of thiazole rings is 1. The van der Waals surface area contributed by atoms with Crippen LogP contribution in [-0.2, 0) is 11.3 Å². The van der Waals surface area contributed by atoms with E-state index in [2.05, 4.69) is 20.6 Å². The van der Waals surface area contributed by atoms with Gasteiger partial charge in [-0.1, -0.05) is 0 Å². The standard InChI is InChI=1S/C14H19N5OS.HI/c1-15-13(18-11-6-10-2-3-12(11)20-10)16-7-9-8-19-4-5-21-14(19)17-9;/h4-5,8,10-12H,2-3,6-7H2,1H3,(H2,15,16,18);1H. The number of guanidine groups is 1. The summed E-state index contributed by atoms with van der Waals surface area (Å²) in [7, 11) is 1.80. The summed E-state index contributed by atoms with van der Waals surface area (Å²) in [5.41, 5.74) is 1.02. The number of ether oxygens (including phenoxy) is 1. The molecule has 2 aliphatic heterocycles. The van der Waals surface area contributed by atoms with Gasteiger partial charge in [-0.2, -0.15) is 0 Å². The molecule has 8 heteroatoms. The SMILES string of the molecule is CN=C(NCc1cn2ccsc2n1)NC1CC2CCC1O2.I. The summed E-state index contributed by atoms with van der Waals surface area (Å²) < 4.78 is 7.91. The summed E-state index contributed by atoms with van der Waals surface area (Å²) in [4.78, 5) is 9.88. The molecule has 3 unspecified atom stereocenters. The lowest BCUT2D eigenvalue weighted by Gasteiger charge is -2.22. The Kier molecular flexibility index (Phi) is 4.88. The topological polar surface area (TPSA) is 63.0 Å². The fourth-order valence-corrected chi connectivity index (χ4v) is 3.91. The molecule has 6 nitrogen and oxygen atoms in total. The van der Waals surface area contributed by atoms with Gasteiger partial charge in [0.2, 0.25) is 0 Å². The average Bonchev–Trinajstić information content (AvgIpc) is 3.22. The highest BCUT2D eigenvalue weighted by molar-refractivity contribution is 14.0. The molecule has 2 fully saturated rings. The average molecular weight is 433 g/mol. The van der Waals surface area contributed by atoms with Crippen LogP contribution in [0.2, 0.25) is 0 Å². The zero-order valence-electron chi connectivity index (χ0n) is 12.4. The van der Waals surface area contributed by atoms with Crippen LogP contribution in [0.25, 0.3) is 4.96 Å². The number of nitrogens with one attached hydrogen (secondary N) is 2. The lowest BCUT2D eigenvalue weighted by Crippen LogP contribution is -2.47. The minimum Gasteiger partial charge on any atom is -0.373 e. The van der Waals surface area contributed by atoms with E-state index < -0.39 is 0 Å². The van der Waals surface area contributed by atoms with Crippen molar-refractivity contribution in [3.8, 4) is 0 Å². The first-order valence-electron chi connectivity index (χ1n) is 7.35. The number of fused-ring (bicyclic) bond motifs is 3. The second-order valence-electron chi connectivity index (χ2n) is 5.61. The highest BCUT2D eigenvalue weighted by Gasteiger charge is 2.41. The van der Waals surface area contributed by atoms with Gasteiger partial charge in [0.15, 0.2) is 10.9 Å². The largest absolute Gasteiger partial charge is 0.373 e. The van der Waals surface area contributed by atoms with Gasteiger partial charge in [-0.3, -0.25) is 9.39 Å². The molecule has 0 aliphatic carbocycles. The highest BCUT2D eigenvalue weighted by Crippen LogP contribution is 2.34. The van der Waals surface area contributed by atoms with Crippen molar-refractivity contribution in [2.45, 2.75) is 44.1 Å². The second kappa shape index (κ2) is 6.71. The van der Waals surface area contributed by atoms with Crippen molar-refractivity contribution in [2.75, 3.05) is 7.05 Å². The number of aromatic nitrogens is 2. The van der Waals surface area contributed by atoms with Gasteiger partial charge in [0.1, 0.15) is 0 Å². The molecular weight excluding hydrogens is 413 g/mol. The lowest BCUT2D eigenvalue weighted by molar-refractivity contribution is 0.0992. The first-order valence-corrected chi connectivity index (χ1v) is 8.23. The van der Waals surface area contributed by atoms with Crippen LogP contribution in [0, 0.1) is 0 Å². The van der Waals surface area contributed by atoms with E-state index in [1.165, 1.54) is 6.42 Å². The number of rotatable bonds is 3. The molecule has 0 radical (unpaired) electrons. The first-order chi connectivity index (χ1) is 10.3. The van der Waals surface area contributed by atoms with Gasteiger partial charge in [0, 0.05) is 24.8 Å². The third-order valence-electron chi connectivity index (χ3n) is 4.23. The molecule has 4 rings (SSSR count). The number of halogens is 1. The van der Waals surface area contributed by atoms with E-state index in [-0.39, 0.29) is 24.0 Å². The second-order valence-corrected chi connectivity index (χ2v) is 6.48. The number of aliphatic imine (C=N–C) groups is 1. The van der Waals surface area contributed by atoms with Crippen molar-refractivity contribution >= 4 is 46.2 Å². The minimum atomic E-state index is 0. The zero-order chi connectivity index (χ0) is 14.2. The fourth-order valence-electron chi connectivity index (χ4n) is 3.20. The maximum absolute atomic E-state index is 5.86. The van der Waals surface area contributed by atoms with Crippen LogP contribution >= 0.6 is 35.3 Å². The van der Waals surface area contributed by atoms with Gasteiger partial charge < -0.3 is 15.4 Å². The van der Waals surface area contributed by atoms with Crippen LogP contribution in [0.5, 0.6) is 0 Å². The smallest absolute Gasteiger partial charge is 0.193 e. The van der Waals surface area contributed by atoms with Crippen molar-refractivity contribution in [3.63, 3.8) is 0 Å². The molecule has 4 heterocycles. The molecule has 2 bridgehead atoms. The van der Waals surface area contributed by atoms with Crippen LogP contribution in [0.4, 0.5) is 0 Å². The lowest BCUT2D eigenvalue weighted by atomic mass is 9.96. The monoisotopic (exact) mass is 433 g/mol. The number of imidazole rings is 1. The third kappa shape index (κ3) is 3.09. The van der Waals surface area contributed by atoms with Gasteiger partial charge in [0.05, 0.1) is 30.5 Å². The summed E-state index contributed by atoms with van der Waals surface area (Å²) in [6.07, 6.45) is 8.34. The summed E-state index contributed by atoms with van der Waals surface area (Å²) >= 11 is 1.64. The van der Waals surface area contributed by atoms with Crippen LogP contribution in [0.1, 0.15) is 25.0 Å². The molecule has 2 N–H and O–H groups in total. The van der Waals surface area contributed by atoms with Crippen molar-refractivity contribution in [1.82, 2.24) is 20.0 Å². The molecule has 0 saturated carbocycles. The van der Waals surface area contributed by atoms with Gasteiger partial charge >= 0.3 is 0 Å². The molecule has 0 amide bonds. The molecule has 2 saturated heterocycles. The molecule has 0 aromatic carbocycles. The van der Waals surface area contributed by atoms with Gasteiger partial charge in [-0.25, -0.2) is 4.98 Å². The highest BCUT2D eigenvalue weighted by atomic mass is 127. The Balaban J connectivity index is 0.00000144. The Morgan fingerprint density at radius 2 is 2.45 bits per heavy atom. The Morgan fingerprint density at radius 1 is 1.55 bits per heavy atom. The van der Waals surface area contributed by atoms with Crippen molar-refractivity contribution < 1.29 is 4.74 Å². The Hall–Kier alpha value is -0.870. The molecule has 2 aromatic heterocycles. The van der Waals surface area contributed by atoms with Crippen LogP contribution < -0.4 is 10.6 Å².